The molecular weight excluding hydrogens is 252 g/mol. The van der Waals surface area contributed by atoms with Crippen LogP contribution >= 0.6 is 0 Å². The zero-order chi connectivity index (χ0) is 14.5. The Morgan fingerprint density at radius 2 is 1.19 bits per heavy atom. The van der Waals surface area contributed by atoms with Crippen LogP contribution < -0.4 is 0 Å². The van der Waals surface area contributed by atoms with Crippen LogP contribution in [0.5, 0.6) is 0 Å². The molecule has 0 aromatic rings. The van der Waals surface area contributed by atoms with E-state index < -0.39 is 0 Å². The van der Waals surface area contributed by atoms with Crippen molar-refractivity contribution in [1.29, 1.82) is 0 Å². The van der Waals surface area contributed by atoms with Gasteiger partial charge in [0.2, 0.25) is 0 Å². The minimum atomic E-state index is 1.03. The topological polar surface area (TPSA) is 0 Å². The van der Waals surface area contributed by atoms with Crippen molar-refractivity contribution >= 4 is 0 Å². The van der Waals surface area contributed by atoms with Gasteiger partial charge in [-0.25, -0.2) is 0 Å². The van der Waals surface area contributed by atoms with Crippen LogP contribution in [0.15, 0.2) is 0 Å². The highest BCUT2D eigenvalue weighted by Gasteiger charge is 2.29. The normalized spacial score (nSPS) is 39.3. The standard InChI is InChI=1S/C21H38/c1-17-7-5-6-8-19(17)14-11-18-12-15-21(16-13-18)20-9-3-2-4-10-20/h17-21H,2-16H2,1H3/t17?,18?,19-,21?/m1/s1. The Bertz CT molecular complexity index is 280. The molecule has 0 amide bonds. The third-order valence-electron chi connectivity index (χ3n) is 7.44. The molecule has 21 heavy (non-hydrogen) atoms. The molecule has 0 spiro atoms. The molecule has 0 nitrogen and oxygen atoms in total. The van der Waals surface area contributed by atoms with Gasteiger partial charge in [-0.05, 0) is 48.9 Å². The molecule has 122 valence electrons. The summed E-state index contributed by atoms with van der Waals surface area (Å²) in [7, 11) is 0. The Morgan fingerprint density at radius 3 is 1.90 bits per heavy atom. The van der Waals surface area contributed by atoms with Crippen molar-refractivity contribution < 1.29 is 0 Å². The van der Waals surface area contributed by atoms with Gasteiger partial charge in [-0.1, -0.05) is 84.0 Å². The lowest BCUT2D eigenvalue weighted by Crippen LogP contribution is -2.24. The third kappa shape index (κ3) is 4.49. The molecule has 0 saturated heterocycles. The first-order valence-electron chi connectivity index (χ1n) is 10.3. The Balaban J connectivity index is 1.35. The average molecular weight is 291 g/mol. The molecule has 3 saturated carbocycles. The van der Waals surface area contributed by atoms with E-state index in [0.29, 0.717) is 0 Å². The van der Waals surface area contributed by atoms with Gasteiger partial charge in [0, 0.05) is 0 Å². The molecular formula is C21H38. The van der Waals surface area contributed by atoms with Gasteiger partial charge in [-0.3, -0.25) is 0 Å². The van der Waals surface area contributed by atoms with Gasteiger partial charge < -0.3 is 0 Å². The fourth-order valence-electron chi connectivity index (χ4n) is 5.83. The van der Waals surface area contributed by atoms with Crippen molar-refractivity contribution in [2.24, 2.45) is 29.6 Å². The fourth-order valence-corrected chi connectivity index (χ4v) is 5.83. The molecule has 1 unspecified atom stereocenters. The Kier molecular flexibility index (Phi) is 6.07. The van der Waals surface area contributed by atoms with E-state index >= 15 is 0 Å². The van der Waals surface area contributed by atoms with E-state index in [1.165, 1.54) is 38.5 Å². The molecule has 0 N–H and O–H groups in total. The van der Waals surface area contributed by atoms with Crippen LogP contribution in [0.4, 0.5) is 0 Å². The van der Waals surface area contributed by atoms with Crippen LogP contribution in [0.3, 0.4) is 0 Å². The van der Waals surface area contributed by atoms with Crippen LogP contribution in [0.25, 0.3) is 0 Å². The van der Waals surface area contributed by atoms with Crippen molar-refractivity contribution in [2.75, 3.05) is 0 Å². The highest BCUT2D eigenvalue weighted by Crippen LogP contribution is 2.42. The first-order chi connectivity index (χ1) is 10.3. The molecule has 0 heteroatoms. The first-order valence-corrected chi connectivity index (χ1v) is 10.3. The van der Waals surface area contributed by atoms with Gasteiger partial charge in [0.05, 0.1) is 0 Å². The summed E-state index contributed by atoms with van der Waals surface area (Å²) >= 11 is 0. The van der Waals surface area contributed by atoms with Crippen molar-refractivity contribution in [3.63, 3.8) is 0 Å². The van der Waals surface area contributed by atoms with Crippen LogP contribution in [-0.4, -0.2) is 0 Å². The van der Waals surface area contributed by atoms with Gasteiger partial charge in [0.25, 0.3) is 0 Å². The molecule has 0 bridgehead atoms. The summed E-state index contributed by atoms with van der Waals surface area (Å²) in [6, 6.07) is 0. The van der Waals surface area contributed by atoms with Crippen LogP contribution in [0, 0.1) is 29.6 Å². The summed E-state index contributed by atoms with van der Waals surface area (Å²) in [6.07, 6.45) is 23.2. The van der Waals surface area contributed by atoms with E-state index in [-0.39, 0.29) is 0 Å². The predicted octanol–water partition coefficient (Wildman–Crippen LogP) is 6.98. The van der Waals surface area contributed by atoms with Crippen LogP contribution in [-0.2, 0) is 0 Å². The molecule has 3 fully saturated rings. The lowest BCUT2D eigenvalue weighted by molar-refractivity contribution is 0.152. The zero-order valence-corrected chi connectivity index (χ0v) is 14.5. The Hall–Kier alpha value is 0. The number of rotatable bonds is 4. The predicted molar refractivity (Wildman–Crippen MR) is 92.4 cm³/mol. The third-order valence-corrected chi connectivity index (χ3v) is 7.44. The zero-order valence-electron chi connectivity index (χ0n) is 14.5. The van der Waals surface area contributed by atoms with Gasteiger partial charge in [-0.15, -0.1) is 0 Å². The number of hydrogen-bond donors (Lipinski definition) is 0. The van der Waals surface area contributed by atoms with E-state index in [9.17, 15) is 0 Å². The minimum absolute atomic E-state index is 1.03. The van der Waals surface area contributed by atoms with Gasteiger partial charge >= 0.3 is 0 Å². The quantitative estimate of drug-likeness (QED) is 0.524. The first kappa shape index (κ1) is 15.9. The Labute approximate surface area is 133 Å². The van der Waals surface area contributed by atoms with Crippen molar-refractivity contribution in [3.05, 3.63) is 0 Å². The molecule has 0 aromatic carbocycles. The SMILES string of the molecule is CC1CCCC[C@@H]1CCC1CCC(C2CCCCC2)CC1. The van der Waals surface area contributed by atoms with E-state index in [1.807, 2.05) is 0 Å². The smallest absolute Gasteiger partial charge is 0.0386 e. The maximum Gasteiger partial charge on any atom is -0.0386 e. The largest absolute Gasteiger partial charge is 0.0622 e. The summed E-state index contributed by atoms with van der Waals surface area (Å²) in [5.74, 6) is 5.44. The second-order valence-corrected chi connectivity index (χ2v) is 8.78. The lowest BCUT2D eigenvalue weighted by Gasteiger charge is -2.37. The van der Waals surface area contributed by atoms with E-state index in [0.717, 1.165) is 29.6 Å². The Morgan fingerprint density at radius 1 is 0.571 bits per heavy atom. The summed E-state index contributed by atoms with van der Waals surface area (Å²) in [4.78, 5) is 0. The molecule has 3 aliphatic carbocycles. The molecule has 0 heterocycles. The number of hydrogen-bond acceptors (Lipinski definition) is 0. The summed E-state index contributed by atoms with van der Waals surface area (Å²) in [6.45, 7) is 2.52. The second-order valence-electron chi connectivity index (χ2n) is 8.78. The lowest BCUT2D eigenvalue weighted by atomic mass is 9.69. The van der Waals surface area contributed by atoms with Gasteiger partial charge in [0.1, 0.15) is 0 Å². The maximum absolute atomic E-state index is 2.52. The second kappa shape index (κ2) is 8.02. The molecule has 0 aliphatic heterocycles. The molecule has 3 aliphatic rings. The molecule has 3 rings (SSSR count). The van der Waals surface area contributed by atoms with E-state index in [2.05, 4.69) is 6.92 Å². The van der Waals surface area contributed by atoms with E-state index in [1.54, 1.807) is 57.8 Å². The maximum atomic E-state index is 2.52. The van der Waals surface area contributed by atoms with Gasteiger partial charge in [0.15, 0.2) is 0 Å². The highest BCUT2D eigenvalue weighted by molar-refractivity contribution is 4.81. The average Bonchev–Trinajstić information content (AvgIpc) is 2.55. The minimum Gasteiger partial charge on any atom is -0.0622 e. The summed E-state index contributed by atoms with van der Waals surface area (Å²) in [5.41, 5.74) is 0. The molecule has 0 radical (unpaired) electrons. The molecule has 0 aromatic heterocycles. The summed E-state index contributed by atoms with van der Waals surface area (Å²) in [5, 5.41) is 0. The summed E-state index contributed by atoms with van der Waals surface area (Å²) < 4.78 is 0. The van der Waals surface area contributed by atoms with Crippen molar-refractivity contribution in [2.45, 2.75) is 103 Å². The van der Waals surface area contributed by atoms with Crippen LogP contribution in [0.1, 0.15) is 103 Å². The molecule has 2 atom stereocenters. The van der Waals surface area contributed by atoms with Crippen LogP contribution in [0.2, 0.25) is 0 Å². The monoisotopic (exact) mass is 290 g/mol. The van der Waals surface area contributed by atoms with E-state index in [4.69, 9.17) is 0 Å². The van der Waals surface area contributed by atoms with Gasteiger partial charge in [-0.2, -0.15) is 0 Å². The van der Waals surface area contributed by atoms with Crippen molar-refractivity contribution in [1.82, 2.24) is 0 Å². The van der Waals surface area contributed by atoms with Crippen molar-refractivity contribution in [3.8, 4) is 0 Å². The highest BCUT2D eigenvalue weighted by atomic mass is 14.3. The fraction of sp³-hybridized carbons (Fsp3) is 1.00.